The van der Waals surface area contributed by atoms with Gasteiger partial charge in [0.05, 0.1) is 11.8 Å². The number of H-pyrrole nitrogens is 1. The zero-order valence-corrected chi connectivity index (χ0v) is 16.3. The standard InChI is InChI=1S/C21H27N5O/c1-4-7-26-15(3)18(12-23-26)21(27)25-8-5-6-16(13-25)19-10-17-9-14(2)11-22-20(17)24-19/h9-12,16H,4-8,13H2,1-3H3,(H,22,24)/t16-/m1/s1. The number of carbonyl (C=O) groups is 1. The first kappa shape index (κ1) is 17.8. The van der Waals surface area contributed by atoms with Crippen molar-refractivity contribution in [1.82, 2.24) is 24.6 Å². The molecule has 1 amide bonds. The first-order chi connectivity index (χ1) is 13.1. The molecule has 6 heteroatoms. The van der Waals surface area contributed by atoms with Crippen molar-refractivity contribution in [3.63, 3.8) is 0 Å². The Morgan fingerprint density at radius 2 is 2.15 bits per heavy atom. The summed E-state index contributed by atoms with van der Waals surface area (Å²) in [6.07, 6.45) is 6.72. The van der Waals surface area contributed by atoms with Crippen LogP contribution in [0, 0.1) is 13.8 Å². The molecule has 1 atom stereocenters. The molecule has 0 bridgehead atoms. The number of pyridine rings is 1. The summed E-state index contributed by atoms with van der Waals surface area (Å²) in [7, 11) is 0. The fourth-order valence-corrected chi connectivity index (χ4v) is 4.05. The van der Waals surface area contributed by atoms with Crippen LogP contribution in [0.1, 0.15) is 59.4 Å². The van der Waals surface area contributed by atoms with Crippen LogP contribution in [0.2, 0.25) is 0 Å². The first-order valence-electron chi connectivity index (χ1n) is 9.83. The largest absolute Gasteiger partial charge is 0.343 e. The second-order valence-corrected chi connectivity index (χ2v) is 7.63. The average Bonchev–Trinajstić information content (AvgIpc) is 3.25. The third kappa shape index (κ3) is 3.36. The summed E-state index contributed by atoms with van der Waals surface area (Å²) in [5.74, 6) is 0.424. The van der Waals surface area contributed by atoms with E-state index in [9.17, 15) is 4.79 Å². The minimum absolute atomic E-state index is 0.102. The second kappa shape index (κ2) is 7.18. The Balaban J connectivity index is 1.54. The Kier molecular flexibility index (Phi) is 4.72. The molecule has 0 spiro atoms. The highest BCUT2D eigenvalue weighted by molar-refractivity contribution is 5.95. The number of fused-ring (bicyclic) bond motifs is 1. The Morgan fingerprint density at radius 3 is 2.96 bits per heavy atom. The number of rotatable bonds is 4. The van der Waals surface area contributed by atoms with Crippen molar-refractivity contribution in [1.29, 1.82) is 0 Å². The van der Waals surface area contributed by atoms with Crippen LogP contribution in [0.5, 0.6) is 0 Å². The van der Waals surface area contributed by atoms with E-state index in [1.54, 1.807) is 6.20 Å². The summed E-state index contributed by atoms with van der Waals surface area (Å²) in [5, 5.41) is 5.53. The van der Waals surface area contributed by atoms with Crippen LogP contribution in [0.25, 0.3) is 11.0 Å². The number of likely N-dealkylation sites (tertiary alicyclic amines) is 1. The summed E-state index contributed by atoms with van der Waals surface area (Å²) in [6.45, 7) is 8.57. The van der Waals surface area contributed by atoms with Crippen LogP contribution >= 0.6 is 0 Å². The molecule has 1 saturated heterocycles. The number of aromatic nitrogens is 4. The number of hydrogen-bond acceptors (Lipinski definition) is 3. The molecule has 1 N–H and O–H groups in total. The zero-order chi connectivity index (χ0) is 19.0. The van der Waals surface area contributed by atoms with Gasteiger partial charge in [-0.3, -0.25) is 9.48 Å². The molecule has 1 aliphatic heterocycles. The fraction of sp³-hybridized carbons (Fsp3) is 0.476. The highest BCUT2D eigenvalue weighted by atomic mass is 16.2. The maximum absolute atomic E-state index is 13.1. The van der Waals surface area contributed by atoms with E-state index in [1.807, 2.05) is 22.7 Å². The number of hydrogen-bond donors (Lipinski definition) is 1. The van der Waals surface area contributed by atoms with Gasteiger partial charge < -0.3 is 9.88 Å². The summed E-state index contributed by atoms with van der Waals surface area (Å²) in [5.41, 5.74) is 4.97. The Morgan fingerprint density at radius 1 is 1.30 bits per heavy atom. The molecule has 1 aliphatic rings. The number of aromatic amines is 1. The Bertz CT molecular complexity index is 970. The molecule has 0 unspecified atom stereocenters. The topological polar surface area (TPSA) is 66.8 Å². The van der Waals surface area contributed by atoms with E-state index in [1.165, 1.54) is 5.69 Å². The molecule has 4 rings (SSSR count). The van der Waals surface area contributed by atoms with E-state index in [2.05, 4.69) is 41.0 Å². The van der Waals surface area contributed by atoms with Crippen molar-refractivity contribution in [2.75, 3.05) is 13.1 Å². The third-order valence-corrected chi connectivity index (χ3v) is 5.55. The normalized spacial score (nSPS) is 17.6. The number of aryl methyl sites for hydroxylation is 2. The van der Waals surface area contributed by atoms with Crippen LogP contribution in [-0.4, -0.2) is 43.6 Å². The Hall–Kier alpha value is -2.63. The van der Waals surface area contributed by atoms with Crippen molar-refractivity contribution < 1.29 is 4.79 Å². The quantitative estimate of drug-likeness (QED) is 0.764. The summed E-state index contributed by atoms with van der Waals surface area (Å²) < 4.78 is 1.93. The van der Waals surface area contributed by atoms with E-state index in [-0.39, 0.29) is 5.91 Å². The lowest BCUT2D eigenvalue weighted by Crippen LogP contribution is -2.39. The summed E-state index contributed by atoms with van der Waals surface area (Å²) in [6, 6.07) is 4.35. The van der Waals surface area contributed by atoms with Crippen LogP contribution in [0.3, 0.4) is 0 Å². The number of nitrogens with zero attached hydrogens (tertiary/aromatic N) is 4. The monoisotopic (exact) mass is 365 g/mol. The lowest BCUT2D eigenvalue weighted by atomic mass is 9.94. The molecule has 0 aliphatic carbocycles. The van der Waals surface area contributed by atoms with Crippen molar-refractivity contribution in [3.8, 4) is 0 Å². The van der Waals surface area contributed by atoms with E-state index >= 15 is 0 Å². The van der Waals surface area contributed by atoms with Gasteiger partial charge in [-0.25, -0.2) is 4.98 Å². The van der Waals surface area contributed by atoms with Crippen molar-refractivity contribution in [2.45, 2.75) is 52.5 Å². The van der Waals surface area contributed by atoms with Crippen LogP contribution in [-0.2, 0) is 6.54 Å². The van der Waals surface area contributed by atoms with Gasteiger partial charge in [0.15, 0.2) is 0 Å². The van der Waals surface area contributed by atoms with E-state index in [4.69, 9.17) is 0 Å². The SMILES string of the molecule is CCCn1ncc(C(=O)N2CCC[C@@H](c3cc4cc(C)cnc4[nH]3)C2)c1C. The van der Waals surface area contributed by atoms with Crippen LogP contribution in [0.4, 0.5) is 0 Å². The van der Waals surface area contributed by atoms with E-state index in [0.29, 0.717) is 5.92 Å². The number of piperidine rings is 1. The first-order valence-corrected chi connectivity index (χ1v) is 9.83. The molecule has 142 valence electrons. The lowest BCUT2D eigenvalue weighted by molar-refractivity contribution is 0.0705. The maximum atomic E-state index is 13.1. The summed E-state index contributed by atoms with van der Waals surface area (Å²) >= 11 is 0. The molecule has 0 aromatic carbocycles. The number of nitrogens with one attached hydrogen (secondary N) is 1. The van der Waals surface area contributed by atoms with Crippen molar-refractivity contribution >= 4 is 16.9 Å². The second-order valence-electron chi connectivity index (χ2n) is 7.63. The lowest BCUT2D eigenvalue weighted by Gasteiger charge is -2.32. The van der Waals surface area contributed by atoms with Gasteiger partial charge in [0.25, 0.3) is 5.91 Å². The zero-order valence-electron chi connectivity index (χ0n) is 16.3. The highest BCUT2D eigenvalue weighted by Gasteiger charge is 2.28. The number of carbonyl (C=O) groups excluding carboxylic acids is 1. The smallest absolute Gasteiger partial charge is 0.257 e. The molecular weight excluding hydrogens is 338 g/mol. The van der Waals surface area contributed by atoms with Crippen LogP contribution < -0.4 is 0 Å². The van der Waals surface area contributed by atoms with Gasteiger partial charge in [0.2, 0.25) is 0 Å². The molecule has 0 saturated carbocycles. The van der Waals surface area contributed by atoms with E-state index in [0.717, 1.165) is 66.8 Å². The third-order valence-electron chi connectivity index (χ3n) is 5.55. The number of amides is 1. The van der Waals surface area contributed by atoms with Gasteiger partial charge in [-0.2, -0.15) is 5.10 Å². The molecule has 1 fully saturated rings. The predicted octanol–water partition coefficient (Wildman–Crippen LogP) is 3.81. The highest BCUT2D eigenvalue weighted by Crippen LogP contribution is 2.29. The maximum Gasteiger partial charge on any atom is 0.257 e. The molecule has 3 aromatic rings. The van der Waals surface area contributed by atoms with Gasteiger partial charge in [-0.1, -0.05) is 6.92 Å². The van der Waals surface area contributed by atoms with Gasteiger partial charge in [-0.05, 0) is 50.8 Å². The molecule has 0 radical (unpaired) electrons. The minimum Gasteiger partial charge on any atom is -0.343 e. The van der Waals surface area contributed by atoms with Crippen LogP contribution in [0.15, 0.2) is 24.5 Å². The predicted molar refractivity (Wildman–Crippen MR) is 106 cm³/mol. The van der Waals surface area contributed by atoms with Gasteiger partial charge in [-0.15, -0.1) is 0 Å². The molecule has 27 heavy (non-hydrogen) atoms. The minimum atomic E-state index is 0.102. The summed E-state index contributed by atoms with van der Waals surface area (Å²) in [4.78, 5) is 23.0. The Labute approximate surface area is 159 Å². The molecule has 4 heterocycles. The van der Waals surface area contributed by atoms with Gasteiger partial charge in [0.1, 0.15) is 5.65 Å². The van der Waals surface area contributed by atoms with E-state index < -0.39 is 0 Å². The van der Waals surface area contributed by atoms with Gasteiger partial charge in [0, 0.05) is 48.5 Å². The molecule has 6 nitrogen and oxygen atoms in total. The van der Waals surface area contributed by atoms with Gasteiger partial charge >= 0.3 is 0 Å². The molecule has 3 aromatic heterocycles. The molecular formula is C21H27N5O. The van der Waals surface area contributed by atoms with Crippen molar-refractivity contribution in [2.24, 2.45) is 0 Å². The average molecular weight is 365 g/mol. The van der Waals surface area contributed by atoms with Crippen molar-refractivity contribution in [3.05, 3.63) is 47.0 Å². The fourth-order valence-electron chi connectivity index (χ4n) is 4.05.